The number of esters is 1. The molecule has 0 saturated carbocycles. The second-order valence-electron chi connectivity index (χ2n) is 19.3. The van der Waals surface area contributed by atoms with Gasteiger partial charge in [-0.15, -0.1) is 0 Å². The van der Waals surface area contributed by atoms with E-state index in [9.17, 15) is 19.8 Å². The summed E-state index contributed by atoms with van der Waals surface area (Å²) < 4.78 is 5.48. The monoisotopic (exact) mass is 900 g/mol. The highest BCUT2D eigenvalue weighted by atomic mass is 16.5. The Kier molecular flexibility index (Phi) is 52.1. The number of carbonyl (C=O) groups is 2. The molecule has 6 heteroatoms. The van der Waals surface area contributed by atoms with Crippen molar-refractivity contribution in [3.05, 3.63) is 36.5 Å². The summed E-state index contributed by atoms with van der Waals surface area (Å²) in [5.41, 5.74) is 0. The maximum Gasteiger partial charge on any atom is 0.305 e. The Morgan fingerprint density at radius 1 is 0.422 bits per heavy atom. The second kappa shape index (κ2) is 53.7. The topological polar surface area (TPSA) is 95.9 Å². The van der Waals surface area contributed by atoms with Gasteiger partial charge in [0.1, 0.15) is 0 Å². The van der Waals surface area contributed by atoms with Crippen molar-refractivity contribution >= 4 is 11.9 Å². The summed E-state index contributed by atoms with van der Waals surface area (Å²) in [6, 6.07) is -0.632. The van der Waals surface area contributed by atoms with Gasteiger partial charge in [0.05, 0.1) is 25.4 Å². The van der Waals surface area contributed by atoms with Crippen molar-refractivity contribution in [3.8, 4) is 0 Å². The number of carbonyl (C=O) groups excluding carboxylic acids is 2. The highest BCUT2D eigenvalue weighted by Crippen LogP contribution is 2.15. The number of hydrogen-bond acceptors (Lipinski definition) is 5. The zero-order chi connectivity index (χ0) is 46.5. The molecule has 0 aliphatic rings. The van der Waals surface area contributed by atoms with Crippen LogP contribution in [-0.2, 0) is 14.3 Å². The Bertz CT molecular complexity index is 1040. The first-order chi connectivity index (χ1) is 31.5. The minimum atomic E-state index is -0.848. The van der Waals surface area contributed by atoms with Crippen molar-refractivity contribution in [3.63, 3.8) is 0 Å². The molecule has 0 spiro atoms. The van der Waals surface area contributed by atoms with Gasteiger partial charge in [0.25, 0.3) is 0 Å². The summed E-state index contributed by atoms with van der Waals surface area (Å²) in [4.78, 5) is 24.4. The van der Waals surface area contributed by atoms with Crippen molar-refractivity contribution in [1.82, 2.24) is 5.32 Å². The lowest BCUT2D eigenvalue weighted by Crippen LogP contribution is -2.45. The normalized spacial score (nSPS) is 12.9. The second-order valence-corrected chi connectivity index (χ2v) is 19.3. The lowest BCUT2D eigenvalue weighted by Gasteiger charge is -2.20. The number of unbranched alkanes of at least 4 members (excludes halogenated alkanes) is 37. The van der Waals surface area contributed by atoms with Crippen LogP contribution < -0.4 is 5.32 Å². The van der Waals surface area contributed by atoms with E-state index in [-0.39, 0.29) is 18.5 Å². The predicted molar refractivity (Wildman–Crippen MR) is 278 cm³/mol. The molecule has 1 amide bonds. The number of amides is 1. The molecule has 0 aromatic carbocycles. The van der Waals surface area contributed by atoms with Gasteiger partial charge in [-0.2, -0.15) is 0 Å². The molecule has 0 rings (SSSR count). The van der Waals surface area contributed by atoms with Gasteiger partial charge in [0.15, 0.2) is 0 Å². The van der Waals surface area contributed by atoms with E-state index in [0.717, 1.165) is 51.4 Å². The highest BCUT2D eigenvalue weighted by molar-refractivity contribution is 5.76. The molecular weight excluding hydrogens is 791 g/mol. The molecule has 376 valence electrons. The van der Waals surface area contributed by atoms with E-state index in [4.69, 9.17) is 4.74 Å². The van der Waals surface area contributed by atoms with Crippen molar-refractivity contribution in [2.75, 3.05) is 13.2 Å². The van der Waals surface area contributed by atoms with E-state index in [2.05, 4.69) is 43.5 Å². The molecular formula is C58H109NO5. The Morgan fingerprint density at radius 2 is 0.734 bits per heavy atom. The van der Waals surface area contributed by atoms with Crippen LogP contribution in [0.15, 0.2) is 36.5 Å². The summed E-state index contributed by atoms with van der Waals surface area (Å²) in [6.45, 7) is 4.86. The molecule has 64 heavy (non-hydrogen) atoms. The maximum atomic E-state index is 12.4. The van der Waals surface area contributed by atoms with Crippen LogP contribution in [0.5, 0.6) is 0 Å². The van der Waals surface area contributed by atoms with Crippen molar-refractivity contribution in [2.24, 2.45) is 0 Å². The van der Waals surface area contributed by atoms with Gasteiger partial charge in [-0.05, 0) is 83.5 Å². The van der Waals surface area contributed by atoms with Crippen molar-refractivity contribution in [2.45, 2.75) is 309 Å². The van der Waals surface area contributed by atoms with E-state index in [1.54, 1.807) is 6.08 Å². The van der Waals surface area contributed by atoms with Crippen LogP contribution in [0.1, 0.15) is 296 Å². The van der Waals surface area contributed by atoms with Crippen LogP contribution in [0, 0.1) is 0 Å². The third-order valence-corrected chi connectivity index (χ3v) is 12.9. The van der Waals surface area contributed by atoms with Gasteiger partial charge in [0.2, 0.25) is 5.91 Å². The van der Waals surface area contributed by atoms with Crippen LogP contribution in [0.2, 0.25) is 0 Å². The standard InChI is InChI=1S/C58H109NO5/c1-3-5-7-9-11-13-14-15-16-17-23-26-29-32-36-40-44-48-52-58(63)64-53-49-45-41-37-33-30-27-24-21-19-18-20-22-25-28-31-35-39-43-47-51-57(62)59-55(54-60)56(61)50-46-42-38-34-12-10-8-6-4-2/h16-18,20,46,50,55-56,60-61H,3-15,19,21-45,47-49,51-54H2,1-2H3,(H,59,62)/b17-16-,20-18-,50-46+. The smallest absolute Gasteiger partial charge is 0.305 e. The lowest BCUT2D eigenvalue weighted by molar-refractivity contribution is -0.143. The number of ether oxygens (including phenoxy) is 1. The Hall–Kier alpha value is -1.92. The molecule has 2 atom stereocenters. The average molecular weight is 901 g/mol. The van der Waals surface area contributed by atoms with Crippen LogP contribution in [-0.4, -0.2) is 47.4 Å². The Labute approximate surface area is 398 Å². The van der Waals surface area contributed by atoms with E-state index >= 15 is 0 Å². The van der Waals surface area contributed by atoms with Crippen LogP contribution >= 0.6 is 0 Å². The molecule has 6 nitrogen and oxygen atoms in total. The fourth-order valence-electron chi connectivity index (χ4n) is 8.50. The minimum absolute atomic E-state index is 0.00206. The zero-order valence-electron chi connectivity index (χ0n) is 42.8. The fourth-order valence-corrected chi connectivity index (χ4v) is 8.50. The molecule has 0 saturated heterocycles. The summed E-state index contributed by atoms with van der Waals surface area (Å²) in [6.07, 6.45) is 66.0. The number of hydrogen-bond donors (Lipinski definition) is 3. The van der Waals surface area contributed by atoms with Gasteiger partial charge < -0.3 is 20.3 Å². The zero-order valence-corrected chi connectivity index (χ0v) is 42.8. The Balaban J connectivity index is 3.41. The molecule has 0 aliphatic carbocycles. The summed E-state index contributed by atoms with van der Waals surface area (Å²) >= 11 is 0. The van der Waals surface area contributed by atoms with Crippen molar-refractivity contribution in [1.29, 1.82) is 0 Å². The van der Waals surface area contributed by atoms with E-state index in [0.29, 0.717) is 19.4 Å². The third kappa shape index (κ3) is 49.5. The lowest BCUT2D eigenvalue weighted by atomic mass is 10.1. The fraction of sp³-hybridized carbons (Fsp3) is 0.862. The van der Waals surface area contributed by atoms with Gasteiger partial charge in [0, 0.05) is 12.8 Å². The quantitative estimate of drug-likeness (QED) is 0.0321. The molecule has 0 fully saturated rings. The molecule has 0 aliphatic heterocycles. The van der Waals surface area contributed by atoms with Gasteiger partial charge in [-0.3, -0.25) is 9.59 Å². The number of aliphatic hydroxyl groups excluding tert-OH is 2. The minimum Gasteiger partial charge on any atom is -0.466 e. The van der Waals surface area contributed by atoms with E-state index < -0.39 is 12.1 Å². The van der Waals surface area contributed by atoms with E-state index in [1.807, 2.05) is 6.08 Å². The first-order valence-corrected chi connectivity index (χ1v) is 28.3. The number of rotatable bonds is 52. The van der Waals surface area contributed by atoms with Crippen molar-refractivity contribution < 1.29 is 24.5 Å². The third-order valence-electron chi connectivity index (χ3n) is 12.9. The maximum absolute atomic E-state index is 12.4. The Morgan fingerprint density at radius 3 is 1.11 bits per heavy atom. The molecule has 0 radical (unpaired) electrons. The molecule has 3 N–H and O–H groups in total. The van der Waals surface area contributed by atoms with Gasteiger partial charge in [-0.25, -0.2) is 0 Å². The summed E-state index contributed by atoms with van der Waals surface area (Å²) in [7, 11) is 0. The summed E-state index contributed by atoms with van der Waals surface area (Å²) in [5.74, 6) is -0.0777. The van der Waals surface area contributed by atoms with Crippen LogP contribution in [0.3, 0.4) is 0 Å². The number of aliphatic hydroxyl groups is 2. The van der Waals surface area contributed by atoms with E-state index in [1.165, 1.54) is 218 Å². The predicted octanol–water partition coefficient (Wildman–Crippen LogP) is 17.2. The summed E-state index contributed by atoms with van der Waals surface area (Å²) in [5, 5.41) is 22.9. The molecule has 0 bridgehead atoms. The molecule has 0 heterocycles. The largest absolute Gasteiger partial charge is 0.466 e. The first kappa shape index (κ1) is 62.1. The van der Waals surface area contributed by atoms with Crippen LogP contribution in [0.4, 0.5) is 0 Å². The first-order valence-electron chi connectivity index (χ1n) is 28.3. The average Bonchev–Trinajstić information content (AvgIpc) is 3.29. The SMILES string of the molecule is CCCCCCCCC/C=C\CCCCCCCCCC(=O)OCCCCCCCCCCC/C=C\CCCCCCCCCC(=O)NC(CO)C(O)/C=C/CCCCCCCCC. The number of nitrogens with one attached hydrogen (secondary N) is 1. The van der Waals surface area contributed by atoms with Crippen LogP contribution in [0.25, 0.3) is 0 Å². The highest BCUT2D eigenvalue weighted by Gasteiger charge is 2.18. The number of allylic oxidation sites excluding steroid dienone is 5. The van der Waals surface area contributed by atoms with Gasteiger partial charge in [-0.1, -0.05) is 237 Å². The molecule has 0 aromatic rings. The molecule has 2 unspecified atom stereocenters. The van der Waals surface area contributed by atoms with Gasteiger partial charge >= 0.3 is 5.97 Å². The molecule has 0 aromatic heterocycles.